The first-order valence-electron chi connectivity index (χ1n) is 7.30. The van der Waals surface area contributed by atoms with Crippen molar-refractivity contribution in [2.45, 2.75) is 13.3 Å². The fourth-order valence-electron chi connectivity index (χ4n) is 1.98. The molecule has 0 bridgehead atoms. The first-order valence-corrected chi connectivity index (χ1v) is 7.30. The highest BCUT2D eigenvalue weighted by Crippen LogP contribution is 2.14. The highest BCUT2D eigenvalue weighted by molar-refractivity contribution is 5.95. The van der Waals surface area contributed by atoms with E-state index in [4.69, 9.17) is 4.74 Å². The second-order valence-corrected chi connectivity index (χ2v) is 4.98. The zero-order chi connectivity index (χ0) is 17.5. The molecule has 0 aliphatic rings. The predicted octanol–water partition coefficient (Wildman–Crippen LogP) is 2.95. The number of rotatable bonds is 6. The van der Waals surface area contributed by atoms with Crippen molar-refractivity contribution in [2.24, 2.45) is 0 Å². The van der Waals surface area contributed by atoms with Gasteiger partial charge < -0.3 is 10.1 Å². The van der Waals surface area contributed by atoms with Gasteiger partial charge in [0.25, 0.3) is 11.6 Å². The van der Waals surface area contributed by atoms with E-state index in [1.165, 1.54) is 18.2 Å². The third-order valence-electron chi connectivity index (χ3n) is 3.27. The Kier molecular flexibility index (Phi) is 5.62. The number of carbonyl (C=O) groups excluding carboxylic acids is 2. The van der Waals surface area contributed by atoms with Crippen LogP contribution in [0.25, 0.3) is 0 Å². The maximum Gasteiger partial charge on any atom is 0.338 e. The fraction of sp³-hybridized carbons (Fsp3) is 0.176. The van der Waals surface area contributed by atoms with E-state index in [2.05, 4.69) is 5.32 Å². The van der Waals surface area contributed by atoms with E-state index < -0.39 is 23.4 Å². The molecule has 2 rings (SSSR count). The molecule has 0 spiro atoms. The number of nitro groups is 1. The zero-order valence-electron chi connectivity index (χ0n) is 13.0. The lowest BCUT2D eigenvalue weighted by atomic mass is 10.1. The second-order valence-electron chi connectivity index (χ2n) is 4.98. The molecule has 124 valence electrons. The molecular formula is C17H16N2O5. The average Bonchev–Trinajstić information content (AvgIpc) is 2.60. The number of benzene rings is 2. The topological polar surface area (TPSA) is 98.5 Å². The van der Waals surface area contributed by atoms with Crippen LogP contribution in [-0.4, -0.2) is 23.4 Å². The highest BCUT2D eigenvalue weighted by Gasteiger charge is 2.14. The summed E-state index contributed by atoms with van der Waals surface area (Å²) in [4.78, 5) is 33.7. The Labute approximate surface area is 138 Å². The van der Waals surface area contributed by atoms with Crippen molar-refractivity contribution in [2.75, 3.05) is 11.9 Å². The number of esters is 1. The van der Waals surface area contributed by atoms with Crippen molar-refractivity contribution >= 4 is 23.3 Å². The molecule has 1 N–H and O–H groups in total. The van der Waals surface area contributed by atoms with E-state index >= 15 is 0 Å². The molecule has 24 heavy (non-hydrogen) atoms. The number of non-ortho nitro benzene ring substituents is 1. The van der Waals surface area contributed by atoms with Gasteiger partial charge in [0.2, 0.25) is 0 Å². The lowest BCUT2D eigenvalue weighted by molar-refractivity contribution is -0.384. The minimum atomic E-state index is -0.796. The number of nitro benzene ring substituents is 1. The molecule has 2 aromatic rings. The van der Waals surface area contributed by atoms with Crippen LogP contribution in [0.3, 0.4) is 0 Å². The summed E-state index contributed by atoms with van der Waals surface area (Å²) in [7, 11) is 0. The van der Waals surface area contributed by atoms with Crippen LogP contribution in [0.2, 0.25) is 0 Å². The van der Waals surface area contributed by atoms with Crippen LogP contribution >= 0.6 is 0 Å². The number of nitrogens with zero attached hydrogens (tertiary/aromatic N) is 1. The van der Waals surface area contributed by atoms with Crippen LogP contribution in [0.15, 0.2) is 48.5 Å². The molecule has 2 aromatic carbocycles. The Morgan fingerprint density at radius 3 is 2.50 bits per heavy atom. The second kappa shape index (κ2) is 7.87. The van der Waals surface area contributed by atoms with Crippen molar-refractivity contribution in [1.82, 2.24) is 0 Å². The number of carbonyl (C=O) groups is 2. The van der Waals surface area contributed by atoms with E-state index in [9.17, 15) is 19.7 Å². The summed E-state index contributed by atoms with van der Waals surface area (Å²) in [6, 6.07) is 12.4. The van der Waals surface area contributed by atoms with Gasteiger partial charge in [0, 0.05) is 17.8 Å². The van der Waals surface area contributed by atoms with E-state index in [1.807, 2.05) is 19.1 Å². The molecule has 0 fully saturated rings. The summed E-state index contributed by atoms with van der Waals surface area (Å²) in [5.41, 5.74) is 1.54. The summed E-state index contributed by atoms with van der Waals surface area (Å²) >= 11 is 0. The van der Waals surface area contributed by atoms with Gasteiger partial charge in [0.1, 0.15) is 0 Å². The van der Waals surface area contributed by atoms with Gasteiger partial charge in [-0.25, -0.2) is 4.79 Å². The Hall–Kier alpha value is -3.22. The number of anilines is 1. The molecular weight excluding hydrogens is 312 g/mol. The van der Waals surface area contributed by atoms with Crippen LogP contribution in [0.4, 0.5) is 11.4 Å². The van der Waals surface area contributed by atoms with Crippen molar-refractivity contribution in [3.8, 4) is 0 Å². The largest absolute Gasteiger partial charge is 0.452 e. The quantitative estimate of drug-likeness (QED) is 0.499. The van der Waals surface area contributed by atoms with E-state index in [0.29, 0.717) is 5.69 Å². The van der Waals surface area contributed by atoms with Gasteiger partial charge in [-0.1, -0.05) is 25.1 Å². The summed E-state index contributed by atoms with van der Waals surface area (Å²) in [5, 5.41) is 13.3. The summed E-state index contributed by atoms with van der Waals surface area (Å²) in [6.07, 6.45) is 0.898. The first-order chi connectivity index (χ1) is 11.5. The van der Waals surface area contributed by atoms with Gasteiger partial charge in [0.05, 0.1) is 10.5 Å². The van der Waals surface area contributed by atoms with Gasteiger partial charge >= 0.3 is 5.97 Å². The van der Waals surface area contributed by atoms with Crippen molar-refractivity contribution in [3.05, 3.63) is 69.8 Å². The molecule has 0 aliphatic heterocycles. The smallest absolute Gasteiger partial charge is 0.338 e. The Morgan fingerprint density at radius 1 is 1.17 bits per heavy atom. The number of hydrogen-bond donors (Lipinski definition) is 1. The standard InChI is InChI=1S/C17H16N2O5/c1-2-12-6-8-14(9-7-12)18-16(20)11-24-17(21)13-4-3-5-15(10-13)19(22)23/h3-10H,2,11H2,1H3,(H,18,20). The Morgan fingerprint density at radius 2 is 1.88 bits per heavy atom. The summed E-state index contributed by atoms with van der Waals surface area (Å²) in [5.74, 6) is -1.28. The third kappa shape index (κ3) is 4.64. The molecule has 1 amide bonds. The monoisotopic (exact) mass is 328 g/mol. The van der Waals surface area contributed by atoms with Gasteiger partial charge in [-0.3, -0.25) is 14.9 Å². The zero-order valence-corrected chi connectivity index (χ0v) is 13.0. The maximum atomic E-state index is 11.8. The fourth-order valence-corrected chi connectivity index (χ4v) is 1.98. The number of amides is 1. The molecule has 0 saturated heterocycles. The first kappa shape index (κ1) is 17.1. The molecule has 0 heterocycles. The third-order valence-corrected chi connectivity index (χ3v) is 3.27. The van der Waals surface area contributed by atoms with E-state index in [0.717, 1.165) is 18.1 Å². The normalized spacial score (nSPS) is 10.0. The molecule has 0 aromatic heterocycles. The number of ether oxygens (including phenoxy) is 1. The van der Waals surface area contributed by atoms with Gasteiger partial charge in [-0.2, -0.15) is 0 Å². The lowest BCUT2D eigenvalue weighted by Crippen LogP contribution is -2.20. The van der Waals surface area contributed by atoms with Gasteiger partial charge in [-0.05, 0) is 30.2 Å². The molecule has 0 unspecified atom stereocenters. The molecule has 7 heteroatoms. The molecule has 0 atom stereocenters. The summed E-state index contributed by atoms with van der Waals surface area (Å²) < 4.78 is 4.87. The van der Waals surface area contributed by atoms with Gasteiger partial charge in [0.15, 0.2) is 6.61 Å². The minimum absolute atomic E-state index is 0.0179. The van der Waals surface area contributed by atoms with Crippen molar-refractivity contribution < 1.29 is 19.2 Å². The van der Waals surface area contributed by atoms with E-state index in [-0.39, 0.29) is 11.3 Å². The predicted molar refractivity (Wildman–Crippen MR) is 87.8 cm³/mol. The van der Waals surface area contributed by atoms with Crippen molar-refractivity contribution in [1.29, 1.82) is 0 Å². The Bertz CT molecular complexity index is 756. The Balaban J connectivity index is 1.89. The lowest BCUT2D eigenvalue weighted by Gasteiger charge is -2.07. The van der Waals surface area contributed by atoms with Crippen LogP contribution in [0, 0.1) is 10.1 Å². The van der Waals surface area contributed by atoms with E-state index in [1.54, 1.807) is 12.1 Å². The van der Waals surface area contributed by atoms with Crippen LogP contribution < -0.4 is 5.32 Å². The molecule has 0 radical (unpaired) electrons. The minimum Gasteiger partial charge on any atom is -0.452 e. The van der Waals surface area contributed by atoms with Gasteiger partial charge in [-0.15, -0.1) is 0 Å². The SMILES string of the molecule is CCc1ccc(NC(=O)COC(=O)c2cccc([N+](=O)[O-])c2)cc1. The molecule has 0 saturated carbocycles. The maximum absolute atomic E-state index is 11.8. The highest BCUT2D eigenvalue weighted by atomic mass is 16.6. The number of hydrogen-bond acceptors (Lipinski definition) is 5. The van der Waals surface area contributed by atoms with Crippen LogP contribution in [-0.2, 0) is 16.0 Å². The van der Waals surface area contributed by atoms with Crippen LogP contribution in [0.1, 0.15) is 22.8 Å². The number of nitrogens with one attached hydrogen (secondary N) is 1. The summed E-state index contributed by atoms with van der Waals surface area (Å²) in [6.45, 7) is 1.55. The number of aryl methyl sites for hydroxylation is 1. The average molecular weight is 328 g/mol. The molecule has 7 nitrogen and oxygen atoms in total. The van der Waals surface area contributed by atoms with Crippen molar-refractivity contribution in [3.63, 3.8) is 0 Å². The van der Waals surface area contributed by atoms with Crippen LogP contribution in [0.5, 0.6) is 0 Å². The molecule has 0 aliphatic carbocycles.